The molecule has 0 aliphatic heterocycles. The smallest absolute Gasteiger partial charge is 0.289 e. The molecule has 0 saturated carbocycles. The van der Waals surface area contributed by atoms with E-state index in [-0.39, 0.29) is 11.7 Å². The predicted octanol–water partition coefficient (Wildman–Crippen LogP) is 2.51. The van der Waals surface area contributed by atoms with E-state index in [1.165, 1.54) is 11.0 Å². The number of nitrogens with zero attached hydrogens (tertiary/aromatic N) is 3. The number of alkyl halides is 3. The number of rotatable bonds is 4. The average Bonchev–Trinajstić information content (AvgIpc) is 2.18. The first kappa shape index (κ1) is 13.2. The second-order valence-corrected chi connectivity index (χ2v) is 3.65. The van der Waals surface area contributed by atoms with Crippen molar-refractivity contribution in [2.75, 3.05) is 13.1 Å². The van der Waals surface area contributed by atoms with Crippen LogP contribution in [0.5, 0.6) is 0 Å². The number of hydrogen-bond donors (Lipinski definition) is 0. The molecule has 90 valence electrons. The van der Waals surface area contributed by atoms with Gasteiger partial charge in [0.15, 0.2) is 5.15 Å². The van der Waals surface area contributed by atoms with Gasteiger partial charge in [0.2, 0.25) is 0 Å². The van der Waals surface area contributed by atoms with Crippen molar-refractivity contribution in [2.24, 2.45) is 0 Å². The van der Waals surface area contributed by atoms with Crippen molar-refractivity contribution in [1.82, 2.24) is 15.1 Å². The zero-order valence-electron chi connectivity index (χ0n) is 8.63. The van der Waals surface area contributed by atoms with E-state index in [0.29, 0.717) is 12.2 Å². The molecule has 1 aromatic rings. The molecule has 1 heterocycles. The quantitative estimate of drug-likeness (QED) is 0.826. The molecule has 7 heteroatoms. The van der Waals surface area contributed by atoms with Crippen LogP contribution in [0.3, 0.4) is 0 Å². The molecule has 0 amide bonds. The predicted molar refractivity (Wildman–Crippen MR) is 54.0 cm³/mol. The SMILES string of the molecule is CCN(Cc1ccc(Cl)nn1)CC(F)(F)F. The van der Waals surface area contributed by atoms with Crippen LogP contribution in [0.2, 0.25) is 5.15 Å². The van der Waals surface area contributed by atoms with Gasteiger partial charge >= 0.3 is 6.18 Å². The average molecular weight is 254 g/mol. The second kappa shape index (κ2) is 5.45. The highest BCUT2D eigenvalue weighted by Gasteiger charge is 2.30. The van der Waals surface area contributed by atoms with E-state index in [2.05, 4.69) is 10.2 Å². The summed E-state index contributed by atoms with van der Waals surface area (Å²) in [6.45, 7) is 1.12. The van der Waals surface area contributed by atoms with Gasteiger partial charge in [0.05, 0.1) is 12.2 Å². The normalized spacial score (nSPS) is 12.1. The van der Waals surface area contributed by atoms with Gasteiger partial charge in [-0.1, -0.05) is 18.5 Å². The number of halogens is 4. The van der Waals surface area contributed by atoms with Crippen molar-refractivity contribution in [3.8, 4) is 0 Å². The summed E-state index contributed by atoms with van der Waals surface area (Å²) in [5.74, 6) is 0. The Labute approximate surface area is 96.2 Å². The van der Waals surface area contributed by atoms with Gasteiger partial charge in [-0.15, -0.1) is 5.10 Å². The van der Waals surface area contributed by atoms with Crippen molar-refractivity contribution < 1.29 is 13.2 Å². The Bertz CT molecular complexity index is 326. The maximum absolute atomic E-state index is 12.2. The van der Waals surface area contributed by atoms with Crippen LogP contribution in [0.25, 0.3) is 0 Å². The zero-order valence-corrected chi connectivity index (χ0v) is 9.39. The lowest BCUT2D eigenvalue weighted by Gasteiger charge is -2.20. The molecular weight excluding hydrogens is 243 g/mol. The third-order valence-corrected chi connectivity index (χ3v) is 2.12. The molecule has 0 saturated heterocycles. The highest BCUT2D eigenvalue weighted by molar-refractivity contribution is 6.29. The maximum Gasteiger partial charge on any atom is 0.401 e. The first-order valence-electron chi connectivity index (χ1n) is 4.68. The summed E-state index contributed by atoms with van der Waals surface area (Å²) in [5.41, 5.74) is 0.468. The summed E-state index contributed by atoms with van der Waals surface area (Å²) >= 11 is 5.52. The van der Waals surface area contributed by atoms with Crippen LogP contribution in [0.4, 0.5) is 13.2 Å². The van der Waals surface area contributed by atoms with Gasteiger partial charge in [0.1, 0.15) is 0 Å². The standard InChI is InChI=1S/C9H11ClF3N3/c1-2-16(6-9(11,12)13)5-7-3-4-8(10)15-14-7/h3-4H,2,5-6H2,1H3. The Balaban J connectivity index is 2.60. The van der Waals surface area contributed by atoms with E-state index in [9.17, 15) is 13.2 Å². The largest absolute Gasteiger partial charge is 0.401 e. The van der Waals surface area contributed by atoms with Crippen LogP contribution in [0, 0.1) is 0 Å². The number of aromatic nitrogens is 2. The minimum Gasteiger partial charge on any atom is -0.289 e. The van der Waals surface area contributed by atoms with Gasteiger partial charge in [0, 0.05) is 6.54 Å². The van der Waals surface area contributed by atoms with Gasteiger partial charge in [-0.25, -0.2) is 0 Å². The van der Waals surface area contributed by atoms with Crippen molar-refractivity contribution in [1.29, 1.82) is 0 Å². The van der Waals surface area contributed by atoms with Crippen LogP contribution in [0.1, 0.15) is 12.6 Å². The summed E-state index contributed by atoms with van der Waals surface area (Å²) in [6, 6.07) is 3.07. The third-order valence-electron chi connectivity index (χ3n) is 1.92. The molecule has 0 bridgehead atoms. The molecular formula is C9H11ClF3N3. The lowest BCUT2D eigenvalue weighted by molar-refractivity contribution is -0.146. The fourth-order valence-electron chi connectivity index (χ4n) is 1.19. The second-order valence-electron chi connectivity index (χ2n) is 3.27. The molecule has 0 radical (unpaired) electrons. The van der Waals surface area contributed by atoms with Gasteiger partial charge in [-0.3, -0.25) is 4.90 Å². The van der Waals surface area contributed by atoms with Crippen LogP contribution < -0.4 is 0 Å². The lowest BCUT2D eigenvalue weighted by atomic mass is 10.3. The first-order chi connectivity index (χ1) is 7.40. The van der Waals surface area contributed by atoms with E-state index in [1.54, 1.807) is 13.0 Å². The van der Waals surface area contributed by atoms with Crippen LogP contribution >= 0.6 is 11.6 Å². The molecule has 16 heavy (non-hydrogen) atoms. The van der Waals surface area contributed by atoms with Gasteiger partial charge in [0.25, 0.3) is 0 Å². The first-order valence-corrected chi connectivity index (χ1v) is 5.05. The fourth-order valence-corrected chi connectivity index (χ4v) is 1.29. The summed E-state index contributed by atoms with van der Waals surface area (Å²) < 4.78 is 36.5. The summed E-state index contributed by atoms with van der Waals surface area (Å²) in [7, 11) is 0. The summed E-state index contributed by atoms with van der Waals surface area (Å²) in [6.07, 6.45) is -4.20. The Kier molecular flexibility index (Phi) is 4.49. The Hall–Kier alpha value is -0.880. The van der Waals surface area contributed by atoms with Gasteiger partial charge in [-0.05, 0) is 18.7 Å². The molecule has 0 fully saturated rings. The molecule has 0 unspecified atom stereocenters. The van der Waals surface area contributed by atoms with E-state index < -0.39 is 12.7 Å². The molecule has 1 aromatic heterocycles. The van der Waals surface area contributed by atoms with Crippen LogP contribution in [0.15, 0.2) is 12.1 Å². The Morgan fingerprint density at radius 1 is 1.31 bits per heavy atom. The molecule has 1 rings (SSSR count). The van der Waals surface area contributed by atoms with E-state index >= 15 is 0 Å². The van der Waals surface area contributed by atoms with E-state index in [4.69, 9.17) is 11.6 Å². The zero-order chi connectivity index (χ0) is 12.2. The van der Waals surface area contributed by atoms with Crippen molar-refractivity contribution in [3.63, 3.8) is 0 Å². The summed E-state index contributed by atoms with van der Waals surface area (Å²) in [4.78, 5) is 1.23. The minimum absolute atomic E-state index is 0.111. The van der Waals surface area contributed by atoms with Crippen LogP contribution in [-0.2, 0) is 6.54 Å². The van der Waals surface area contributed by atoms with E-state index in [1.807, 2.05) is 0 Å². The maximum atomic E-state index is 12.2. The number of hydrogen-bond acceptors (Lipinski definition) is 3. The highest BCUT2D eigenvalue weighted by atomic mass is 35.5. The van der Waals surface area contributed by atoms with Crippen molar-refractivity contribution in [3.05, 3.63) is 23.0 Å². The molecule has 0 aliphatic carbocycles. The molecule has 0 N–H and O–H groups in total. The fraction of sp³-hybridized carbons (Fsp3) is 0.556. The third kappa shape index (κ3) is 4.76. The Morgan fingerprint density at radius 2 is 2.00 bits per heavy atom. The monoisotopic (exact) mass is 253 g/mol. The molecule has 0 aromatic carbocycles. The highest BCUT2D eigenvalue weighted by Crippen LogP contribution is 2.17. The minimum atomic E-state index is -4.20. The molecule has 0 atom stereocenters. The summed E-state index contributed by atoms with van der Waals surface area (Å²) in [5, 5.41) is 7.50. The lowest BCUT2D eigenvalue weighted by Crippen LogP contribution is -2.33. The van der Waals surface area contributed by atoms with Gasteiger partial charge in [-0.2, -0.15) is 18.3 Å². The van der Waals surface area contributed by atoms with Gasteiger partial charge < -0.3 is 0 Å². The van der Waals surface area contributed by atoms with Crippen molar-refractivity contribution in [2.45, 2.75) is 19.6 Å². The topological polar surface area (TPSA) is 29.0 Å². The Morgan fingerprint density at radius 3 is 2.44 bits per heavy atom. The van der Waals surface area contributed by atoms with Crippen LogP contribution in [-0.4, -0.2) is 34.4 Å². The van der Waals surface area contributed by atoms with Crippen molar-refractivity contribution >= 4 is 11.6 Å². The van der Waals surface area contributed by atoms with E-state index in [0.717, 1.165) is 0 Å². The molecule has 3 nitrogen and oxygen atoms in total. The molecule has 0 spiro atoms. The molecule has 0 aliphatic rings.